The smallest absolute Gasteiger partial charge is 0.254 e. The molecule has 1 aliphatic rings. The third-order valence-corrected chi connectivity index (χ3v) is 4.04. The van der Waals surface area contributed by atoms with Crippen molar-refractivity contribution in [1.29, 1.82) is 0 Å². The Balaban J connectivity index is 2.15. The fourth-order valence-electron chi connectivity index (χ4n) is 2.73. The normalized spacial score (nSPS) is 22.0. The lowest BCUT2D eigenvalue weighted by Crippen LogP contribution is -2.41. The van der Waals surface area contributed by atoms with Gasteiger partial charge in [-0.15, -0.1) is 5.73 Å². The lowest BCUT2D eigenvalue weighted by atomic mass is 9.82. The maximum atomic E-state index is 11.9. The van der Waals surface area contributed by atoms with Crippen LogP contribution in [0.4, 0.5) is 0 Å². The summed E-state index contributed by atoms with van der Waals surface area (Å²) in [4.78, 5) is 13.8. The third-order valence-electron chi connectivity index (χ3n) is 4.04. The molecule has 1 aromatic carbocycles. The van der Waals surface area contributed by atoms with Crippen LogP contribution in [0.3, 0.4) is 0 Å². The summed E-state index contributed by atoms with van der Waals surface area (Å²) in [5.41, 5.74) is 3.83. The quantitative estimate of drug-likeness (QED) is 0.625. The predicted octanol–water partition coefficient (Wildman–Crippen LogP) is 2.99. The number of carbonyl (C=O) groups is 1. The van der Waals surface area contributed by atoms with Crippen LogP contribution in [-0.2, 0) is 4.79 Å². The predicted molar refractivity (Wildman–Crippen MR) is 79.8 cm³/mol. The van der Waals surface area contributed by atoms with Gasteiger partial charge in [-0.1, -0.05) is 25.6 Å². The Morgan fingerprint density at radius 3 is 2.75 bits per heavy atom. The molecule has 0 N–H and O–H groups in total. The van der Waals surface area contributed by atoms with Gasteiger partial charge in [0.2, 0.25) is 0 Å². The van der Waals surface area contributed by atoms with E-state index in [-0.39, 0.29) is 5.91 Å². The number of likely N-dealkylation sites (tertiary alicyclic amines) is 1. The Morgan fingerprint density at radius 1 is 1.45 bits per heavy atom. The molecule has 2 unspecified atom stereocenters. The highest BCUT2D eigenvalue weighted by atomic mass is 16.5. The number of rotatable bonds is 3. The Kier molecular flexibility index (Phi) is 4.65. The summed E-state index contributed by atoms with van der Waals surface area (Å²) < 4.78 is 5.19. The van der Waals surface area contributed by atoms with Gasteiger partial charge in [-0.05, 0) is 30.0 Å². The van der Waals surface area contributed by atoms with Gasteiger partial charge in [-0.2, -0.15) is 0 Å². The van der Waals surface area contributed by atoms with Crippen LogP contribution in [0, 0.1) is 5.92 Å². The van der Waals surface area contributed by atoms with Crippen molar-refractivity contribution in [3.63, 3.8) is 0 Å². The van der Waals surface area contributed by atoms with Crippen LogP contribution >= 0.6 is 0 Å². The van der Waals surface area contributed by atoms with E-state index < -0.39 is 0 Å². The average molecular weight is 271 g/mol. The molecule has 106 valence electrons. The van der Waals surface area contributed by atoms with E-state index in [2.05, 4.69) is 31.4 Å². The second-order valence-electron chi connectivity index (χ2n) is 5.28. The first kappa shape index (κ1) is 14.4. The lowest BCUT2D eigenvalue weighted by Gasteiger charge is -2.37. The number of amides is 1. The highest BCUT2D eigenvalue weighted by Crippen LogP contribution is 2.33. The summed E-state index contributed by atoms with van der Waals surface area (Å²) >= 11 is 0. The number of hydrogen-bond donors (Lipinski definition) is 0. The van der Waals surface area contributed by atoms with Gasteiger partial charge in [-0.3, -0.25) is 4.79 Å². The van der Waals surface area contributed by atoms with Crippen LogP contribution in [-0.4, -0.2) is 31.0 Å². The molecule has 0 spiro atoms. The van der Waals surface area contributed by atoms with Crippen LogP contribution in [0.1, 0.15) is 24.8 Å². The lowest BCUT2D eigenvalue weighted by molar-refractivity contribution is -0.127. The minimum absolute atomic E-state index is 0.00501. The Labute approximate surface area is 120 Å². The maximum Gasteiger partial charge on any atom is 0.254 e. The van der Waals surface area contributed by atoms with Crippen molar-refractivity contribution in [2.24, 2.45) is 5.92 Å². The molecular weight excluding hydrogens is 250 g/mol. The fourth-order valence-corrected chi connectivity index (χ4v) is 2.73. The molecule has 0 aromatic heterocycles. The average Bonchev–Trinajstić information content (AvgIpc) is 2.48. The van der Waals surface area contributed by atoms with E-state index in [0.717, 1.165) is 25.3 Å². The topological polar surface area (TPSA) is 29.5 Å². The van der Waals surface area contributed by atoms with Crippen LogP contribution < -0.4 is 4.74 Å². The standard InChI is InChI=1S/C17H21NO2/c1-4-5-17(19)18-11-10-13(2)16(12-18)14-6-8-15(20-3)9-7-14/h5-9,13,16H,1,10-12H2,2-3H3. The van der Waals surface area contributed by atoms with Crippen molar-refractivity contribution in [2.45, 2.75) is 19.3 Å². The molecule has 0 saturated carbocycles. The zero-order chi connectivity index (χ0) is 14.5. The number of carbonyl (C=O) groups excluding carboxylic acids is 1. The Bertz CT molecular complexity index is 514. The van der Waals surface area contributed by atoms with Crippen LogP contribution in [0.2, 0.25) is 0 Å². The van der Waals surface area contributed by atoms with Crippen molar-refractivity contribution in [3.05, 3.63) is 48.2 Å². The number of ether oxygens (including phenoxy) is 1. The van der Waals surface area contributed by atoms with E-state index in [4.69, 9.17) is 4.74 Å². The van der Waals surface area contributed by atoms with Gasteiger partial charge in [0.25, 0.3) is 5.91 Å². The van der Waals surface area contributed by atoms with Crippen molar-refractivity contribution >= 4 is 5.91 Å². The summed E-state index contributed by atoms with van der Waals surface area (Å²) in [5.74, 6) is 1.81. The molecular formula is C17H21NO2. The zero-order valence-electron chi connectivity index (χ0n) is 12.1. The highest BCUT2D eigenvalue weighted by molar-refractivity contribution is 5.87. The molecule has 20 heavy (non-hydrogen) atoms. The second kappa shape index (κ2) is 6.44. The Hall–Kier alpha value is -1.99. The first-order valence-corrected chi connectivity index (χ1v) is 6.94. The van der Waals surface area contributed by atoms with Gasteiger partial charge >= 0.3 is 0 Å². The number of hydrogen-bond acceptors (Lipinski definition) is 2. The molecule has 1 aromatic rings. The molecule has 1 aliphatic heterocycles. The Morgan fingerprint density at radius 2 is 2.15 bits per heavy atom. The van der Waals surface area contributed by atoms with Gasteiger partial charge < -0.3 is 9.64 Å². The van der Waals surface area contributed by atoms with Crippen molar-refractivity contribution in [1.82, 2.24) is 4.90 Å². The van der Waals surface area contributed by atoms with Gasteiger partial charge in [0, 0.05) is 25.1 Å². The summed E-state index contributed by atoms with van der Waals surface area (Å²) in [6.45, 7) is 7.28. The molecule has 1 amide bonds. The molecule has 1 fully saturated rings. The molecule has 1 saturated heterocycles. The summed E-state index contributed by atoms with van der Waals surface area (Å²) in [7, 11) is 1.67. The largest absolute Gasteiger partial charge is 0.497 e. The first-order chi connectivity index (χ1) is 9.65. The third kappa shape index (κ3) is 3.12. The van der Waals surface area contributed by atoms with E-state index in [9.17, 15) is 4.79 Å². The minimum atomic E-state index is 0.00501. The molecule has 3 heteroatoms. The zero-order valence-corrected chi connectivity index (χ0v) is 12.1. The van der Waals surface area contributed by atoms with Crippen LogP contribution in [0.5, 0.6) is 5.75 Å². The summed E-state index contributed by atoms with van der Waals surface area (Å²) in [5, 5.41) is 0. The van der Waals surface area contributed by atoms with Gasteiger partial charge in [0.15, 0.2) is 0 Å². The molecule has 0 radical (unpaired) electrons. The fraction of sp³-hybridized carbons (Fsp3) is 0.412. The summed E-state index contributed by atoms with van der Waals surface area (Å²) in [6, 6.07) is 8.15. The first-order valence-electron chi connectivity index (χ1n) is 6.94. The maximum absolute atomic E-state index is 11.9. The molecule has 3 nitrogen and oxygen atoms in total. The van der Waals surface area contributed by atoms with E-state index in [0.29, 0.717) is 11.8 Å². The SMILES string of the molecule is C=C=CC(=O)N1CCC(C)C(c2ccc(OC)cc2)C1. The van der Waals surface area contributed by atoms with E-state index in [1.54, 1.807) is 7.11 Å². The van der Waals surface area contributed by atoms with Crippen molar-refractivity contribution < 1.29 is 9.53 Å². The molecule has 0 bridgehead atoms. The van der Waals surface area contributed by atoms with Crippen molar-refractivity contribution in [2.75, 3.05) is 20.2 Å². The van der Waals surface area contributed by atoms with E-state index >= 15 is 0 Å². The van der Waals surface area contributed by atoms with Gasteiger partial charge in [-0.25, -0.2) is 0 Å². The highest BCUT2D eigenvalue weighted by Gasteiger charge is 2.29. The number of methoxy groups -OCH3 is 1. The number of benzene rings is 1. The van der Waals surface area contributed by atoms with E-state index in [1.807, 2.05) is 17.0 Å². The second-order valence-corrected chi connectivity index (χ2v) is 5.28. The molecule has 0 aliphatic carbocycles. The van der Waals surface area contributed by atoms with Gasteiger partial charge in [0.1, 0.15) is 5.75 Å². The molecule has 1 heterocycles. The molecule has 2 rings (SSSR count). The number of piperidine rings is 1. The summed E-state index contributed by atoms with van der Waals surface area (Å²) in [6.07, 6.45) is 2.44. The van der Waals surface area contributed by atoms with Crippen LogP contribution in [0.25, 0.3) is 0 Å². The molecule has 2 atom stereocenters. The minimum Gasteiger partial charge on any atom is -0.497 e. The van der Waals surface area contributed by atoms with Crippen molar-refractivity contribution in [3.8, 4) is 5.75 Å². The monoisotopic (exact) mass is 271 g/mol. The van der Waals surface area contributed by atoms with E-state index in [1.165, 1.54) is 11.6 Å². The van der Waals surface area contributed by atoms with Crippen LogP contribution in [0.15, 0.2) is 42.7 Å². The van der Waals surface area contributed by atoms with Gasteiger partial charge in [0.05, 0.1) is 7.11 Å². The number of nitrogens with zero attached hydrogens (tertiary/aromatic N) is 1.